The molecule has 0 bridgehead atoms. The molecule has 0 aromatic heterocycles. The van der Waals surface area contributed by atoms with Gasteiger partial charge in [-0.05, 0) is 40.5 Å². The molecule has 0 atom stereocenters. The first-order valence-corrected chi connectivity index (χ1v) is 4.08. The predicted octanol–water partition coefficient (Wildman–Crippen LogP) is 0.703. The summed E-state index contributed by atoms with van der Waals surface area (Å²) in [6.45, 7) is 1.79. The molecule has 1 rings (SSSR count). The second-order valence-corrected chi connectivity index (χ2v) is 3.35. The van der Waals surface area contributed by atoms with Crippen LogP contribution in [0.15, 0.2) is 16.6 Å². The van der Waals surface area contributed by atoms with Crippen molar-refractivity contribution in [2.45, 2.75) is 6.92 Å². The lowest BCUT2D eigenvalue weighted by atomic mass is 10.1. The largest absolute Gasteiger partial charge is 0.545 e. The number of hydrogen-bond acceptors (Lipinski definition) is 3. The SMILES string of the molecule is Cc1cc(Br)c(N)c(C(=O)[O-])c1. The summed E-state index contributed by atoms with van der Waals surface area (Å²) < 4.78 is 0.585. The van der Waals surface area contributed by atoms with Crippen LogP contribution in [0.5, 0.6) is 0 Å². The number of carboxylic acids is 1. The van der Waals surface area contributed by atoms with Crippen LogP contribution in [0, 0.1) is 6.92 Å². The molecular formula is C8H7BrNO2-. The van der Waals surface area contributed by atoms with Gasteiger partial charge in [-0.3, -0.25) is 0 Å². The molecule has 0 aliphatic rings. The van der Waals surface area contributed by atoms with Crippen molar-refractivity contribution in [1.82, 2.24) is 0 Å². The van der Waals surface area contributed by atoms with E-state index in [4.69, 9.17) is 5.73 Å². The van der Waals surface area contributed by atoms with E-state index in [1.54, 1.807) is 13.0 Å². The normalized spacial score (nSPS) is 9.83. The molecule has 0 unspecified atom stereocenters. The molecule has 0 saturated carbocycles. The number of carbonyl (C=O) groups is 1. The van der Waals surface area contributed by atoms with Crippen LogP contribution < -0.4 is 10.8 Å². The molecule has 0 spiro atoms. The van der Waals surface area contributed by atoms with Crippen molar-refractivity contribution in [2.75, 3.05) is 5.73 Å². The van der Waals surface area contributed by atoms with E-state index in [0.717, 1.165) is 5.56 Å². The van der Waals surface area contributed by atoms with Gasteiger partial charge in [-0.15, -0.1) is 0 Å². The zero-order valence-corrected chi connectivity index (χ0v) is 8.01. The third kappa shape index (κ3) is 1.58. The van der Waals surface area contributed by atoms with Crippen molar-refractivity contribution in [3.63, 3.8) is 0 Å². The van der Waals surface area contributed by atoms with E-state index in [1.807, 2.05) is 0 Å². The van der Waals surface area contributed by atoms with Gasteiger partial charge in [-0.2, -0.15) is 0 Å². The summed E-state index contributed by atoms with van der Waals surface area (Å²) in [6, 6.07) is 3.23. The van der Waals surface area contributed by atoms with Crippen molar-refractivity contribution in [3.05, 3.63) is 27.7 Å². The number of rotatable bonds is 1. The maximum atomic E-state index is 10.5. The Labute approximate surface area is 78.3 Å². The summed E-state index contributed by atoms with van der Waals surface area (Å²) in [5.74, 6) is -1.25. The van der Waals surface area contributed by atoms with Gasteiger partial charge in [0.2, 0.25) is 0 Å². The third-order valence-electron chi connectivity index (χ3n) is 1.49. The third-order valence-corrected chi connectivity index (χ3v) is 2.15. The van der Waals surface area contributed by atoms with E-state index in [9.17, 15) is 9.90 Å². The maximum absolute atomic E-state index is 10.5. The summed E-state index contributed by atoms with van der Waals surface area (Å²) >= 11 is 3.15. The Morgan fingerprint density at radius 3 is 2.67 bits per heavy atom. The number of aryl methyl sites for hydroxylation is 1. The topological polar surface area (TPSA) is 66.2 Å². The summed E-state index contributed by atoms with van der Waals surface area (Å²) in [7, 11) is 0. The molecule has 1 aromatic carbocycles. The number of nitrogen functional groups attached to an aromatic ring is 1. The molecule has 0 aliphatic heterocycles. The molecule has 12 heavy (non-hydrogen) atoms. The van der Waals surface area contributed by atoms with Crippen molar-refractivity contribution < 1.29 is 9.90 Å². The minimum Gasteiger partial charge on any atom is -0.545 e. The van der Waals surface area contributed by atoms with Gasteiger partial charge >= 0.3 is 0 Å². The van der Waals surface area contributed by atoms with Crippen LogP contribution in [0.4, 0.5) is 5.69 Å². The van der Waals surface area contributed by atoms with Crippen LogP contribution in [-0.2, 0) is 0 Å². The summed E-state index contributed by atoms with van der Waals surface area (Å²) in [4.78, 5) is 10.5. The second-order valence-electron chi connectivity index (χ2n) is 2.50. The lowest BCUT2D eigenvalue weighted by molar-refractivity contribution is -0.254. The molecule has 0 radical (unpaired) electrons. The molecule has 3 nitrogen and oxygen atoms in total. The van der Waals surface area contributed by atoms with Gasteiger partial charge in [0.15, 0.2) is 0 Å². The Bertz CT molecular complexity index is 336. The molecule has 64 valence electrons. The quantitative estimate of drug-likeness (QED) is 0.721. The minimum absolute atomic E-state index is 0.0295. The second kappa shape index (κ2) is 3.15. The number of carbonyl (C=O) groups excluding carboxylic acids is 1. The van der Waals surface area contributed by atoms with Gasteiger partial charge in [0.25, 0.3) is 0 Å². The molecule has 0 heterocycles. The first kappa shape index (κ1) is 9.06. The average molecular weight is 229 g/mol. The van der Waals surface area contributed by atoms with Crippen LogP contribution >= 0.6 is 15.9 Å². The highest BCUT2D eigenvalue weighted by Gasteiger charge is 2.04. The van der Waals surface area contributed by atoms with E-state index < -0.39 is 5.97 Å². The number of carboxylic acid groups (broad SMARTS) is 1. The number of anilines is 1. The first-order valence-electron chi connectivity index (χ1n) is 3.29. The Morgan fingerprint density at radius 2 is 2.17 bits per heavy atom. The molecule has 0 saturated heterocycles. The van der Waals surface area contributed by atoms with Crippen molar-refractivity contribution >= 4 is 27.6 Å². The summed E-state index contributed by atoms with van der Waals surface area (Å²) in [6.07, 6.45) is 0. The molecule has 4 heteroatoms. The number of hydrogen-bond donors (Lipinski definition) is 1. The van der Waals surface area contributed by atoms with Gasteiger partial charge in [0, 0.05) is 10.0 Å². The van der Waals surface area contributed by atoms with Crippen LogP contribution in [0.1, 0.15) is 15.9 Å². The van der Waals surface area contributed by atoms with Gasteiger partial charge in [0.1, 0.15) is 0 Å². The standard InChI is InChI=1S/C8H8BrNO2/c1-4-2-5(8(11)12)7(10)6(9)3-4/h2-3H,10H2,1H3,(H,11,12)/p-1. The van der Waals surface area contributed by atoms with Crippen LogP contribution in [0.2, 0.25) is 0 Å². The number of nitrogens with two attached hydrogens (primary N) is 1. The Kier molecular flexibility index (Phi) is 2.38. The highest BCUT2D eigenvalue weighted by atomic mass is 79.9. The van der Waals surface area contributed by atoms with Gasteiger partial charge < -0.3 is 15.6 Å². The minimum atomic E-state index is -1.25. The average Bonchev–Trinajstić information content (AvgIpc) is 1.96. The molecule has 2 N–H and O–H groups in total. The van der Waals surface area contributed by atoms with Crippen molar-refractivity contribution in [3.8, 4) is 0 Å². The monoisotopic (exact) mass is 228 g/mol. The van der Waals surface area contributed by atoms with E-state index in [0.29, 0.717) is 4.47 Å². The molecule has 0 aliphatic carbocycles. The van der Waals surface area contributed by atoms with E-state index in [2.05, 4.69) is 15.9 Å². The van der Waals surface area contributed by atoms with Crippen molar-refractivity contribution in [1.29, 1.82) is 0 Å². The Morgan fingerprint density at radius 1 is 1.58 bits per heavy atom. The molecule has 0 amide bonds. The van der Waals surface area contributed by atoms with Gasteiger partial charge in [-0.25, -0.2) is 0 Å². The van der Waals surface area contributed by atoms with E-state index >= 15 is 0 Å². The predicted molar refractivity (Wildman–Crippen MR) is 47.6 cm³/mol. The maximum Gasteiger partial charge on any atom is 0.0736 e. The highest BCUT2D eigenvalue weighted by Crippen LogP contribution is 2.24. The first-order chi connectivity index (χ1) is 5.52. The Hall–Kier alpha value is -1.03. The van der Waals surface area contributed by atoms with Gasteiger partial charge in [0.05, 0.1) is 11.7 Å². The van der Waals surface area contributed by atoms with E-state index in [1.165, 1.54) is 6.07 Å². The van der Waals surface area contributed by atoms with Crippen molar-refractivity contribution in [2.24, 2.45) is 0 Å². The zero-order chi connectivity index (χ0) is 9.30. The number of benzene rings is 1. The summed E-state index contributed by atoms with van der Waals surface area (Å²) in [5, 5.41) is 10.5. The van der Waals surface area contributed by atoms with Gasteiger partial charge in [-0.1, -0.05) is 0 Å². The van der Waals surface area contributed by atoms with Crippen LogP contribution in [0.3, 0.4) is 0 Å². The van der Waals surface area contributed by atoms with Crippen LogP contribution in [0.25, 0.3) is 0 Å². The fourth-order valence-corrected chi connectivity index (χ4v) is 1.50. The zero-order valence-electron chi connectivity index (χ0n) is 6.43. The Balaban J connectivity index is 3.37. The molecule has 1 aromatic rings. The summed E-state index contributed by atoms with van der Waals surface area (Å²) in [5.41, 5.74) is 6.55. The lowest BCUT2D eigenvalue weighted by Gasteiger charge is -2.09. The fourth-order valence-electron chi connectivity index (χ4n) is 0.922. The molecule has 0 fully saturated rings. The smallest absolute Gasteiger partial charge is 0.0736 e. The fraction of sp³-hybridized carbons (Fsp3) is 0.125. The molecular weight excluding hydrogens is 222 g/mol. The number of halogens is 1. The number of aromatic carboxylic acids is 1. The van der Waals surface area contributed by atoms with E-state index in [-0.39, 0.29) is 11.3 Å². The lowest BCUT2D eigenvalue weighted by Crippen LogP contribution is -2.23. The van der Waals surface area contributed by atoms with Crippen LogP contribution in [-0.4, -0.2) is 5.97 Å². The highest BCUT2D eigenvalue weighted by molar-refractivity contribution is 9.10.